The van der Waals surface area contributed by atoms with E-state index in [2.05, 4.69) is 15.2 Å². The van der Waals surface area contributed by atoms with Crippen LogP contribution >= 0.6 is 11.6 Å². The lowest BCUT2D eigenvalue weighted by Crippen LogP contribution is -2.12. The molecule has 2 aromatic heterocycles. The molecule has 0 N–H and O–H groups in total. The maximum Gasteiger partial charge on any atom is 0.282 e. The Balaban J connectivity index is 1.71. The third-order valence-electron chi connectivity index (χ3n) is 3.88. The fourth-order valence-electron chi connectivity index (χ4n) is 2.47. The van der Waals surface area contributed by atoms with Crippen molar-refractivity contribution in [3.63, 3.8) is 0 Å². The van der Waals surface area contributed by atoms with Gasteiger partial charge in [0.05, 0.1) is 12.8 Å². The Kier molecular flexibility index (Phi) is 4.43. The van der Waals surface area contributed by atoms with Gasteiger partial charge in [-0.2, -0.15) is 10.1 Å². The molecule has 2 aromatic carbocycles. The van der Waals surface area contributed by atoms with Gasteiger partial charge in [-0.25, -0.2) is 4.68 Å². The molecule has 8 heteroatoms. The molecule has 0 aliphatic carbocycles. The molecule has 2 heterocycles. The van der Waals surface area contributed by atoms with Crippen molar-refractivity contribution in [1.82, 2.24) is 19.9 Å². The number of rotatable bonds is 4. The second kappa shape index (κ2) is 7.05. The summed E-state index contributed by atoms with van der Waals surface area (Å²) in [6.07, 6.45) is 1.57. The van der Waals surface area contributed by atoms with Gasteiger partial charge in [0.25, 0.3) is 5.89 Å². The number of nitrogens with zero attached hydrogens (tertiary/aromatic N) is 4. The fourth-order valence-corrected chi connectivity index (χ4v) is 2.60. The highest BCUT2D eigenvalue weighted by Gasteiger charge is 2.16. The van der Waals surface area contributed by atoms with E-state index in [1.165, 1.54) is 6.07 Å². The monoisotopic (exact) mass is 380 g/mol. The van der Waals surface area contributed by atoms with Gasteiger partial charge < -0.3 is 9.26 Å². The highest BCUT2D eigenvalue weighted by Crippen LogP contribution is 2.21. The van der Waals surface area contributed by atoms with Crippen LogP contribution in [0.25, 0.3) is 28.7 Å². The lowest BCUT2D eigenvalue weighted by molar-refractivity contribution is 0.414. The predicted octanol–water partition coefficient (Wildman–Crippen LogP) is 3.61. The van der Waals surface area contributed by atoms with E-state index < -0.39 is 0 Å². The molecule has 27 heavy (non-hydrogen) atoms. The number of halogens is 1. The summed E-state index contributed by atoms with van der Waals surface area (Å²) < 4.78 is 12.0. The Labute approximate surface area is 158 Å². The first kappa shape index (κ1) is 17.0. The summed E-state index contributed by atoms with van der Waals surface area (Å²) >= 11 is 5.89. The molecule has 0 fully saturated rings. The van der Waals surface area contributed by atoms with Crippen LogP contribution < -0.4 is 10.2 Å². The minimum atomic E-state index is -0.314. The van der Waals surface area contributed by atoms with Gasteiger partial charge in [-0.1, -0.05) is 16.8 Å². The minimum absolute atomic E-state index is 0.0489. The van der Waals surface area contributed by atoms with Gasteiger partial charge in [0.2, 0.25) is 11.3 Å². The molecule has 0 aliphatic rings. The summed E-state index contributed by atoms with van der Waals surface area (Å²) in [5.41, 5.74) is 1.24. The second-order valence-corrected chi connectivity index (χ2v) is 6.04. The van der Waals surface area contributed by atoms with Crippen molar-refractivity contribution in [3.8, 4) is 34.4 Å². The van der Waals surface area contributed by atoms with Crippen LogP contribution in [-0.4, -0.2) is 27.0 Å². The zero-order valence-corrected chi connectivity index (χ0v) is 14.9. The van der Waals surface area contributed by atoms with Crippen molar-refractivity contribution in [2.45, 2.75) is 0 Å². The zero-order valence-electron chi connectivity index (χ0n) is 14.2. The van der Waals surface area contributed by atoms with E-state index in [0.717, 1.165) is 17.0 Å². The molecule has 0 unspecified atom stereocenters. The van der Waals surface area contributed by atoms with Crippen molar-refractivity contribution in [2.24, 2.45) is 0 Å². The average molecular weight is 381 g/mol. The van der Waals surface area contributed by atoms with E-state index in [1.807, 2.05) is 12.1 Å². The molecule has 0 bridgehead atoms. The third kappa shape index (κ3) is 3.45. The molecule has 0 aliphatic heterocycles. The quantitative estimate of drug-likeness (QED) is 0.537. The Morgan fingerprint density at radius 1 is 1.04 bits per heavy atom. The first-order valence-electron chi connectivity index (χ1n) is 7.98. The van der Waals surface area contributed by atoms with Crippen molar-refractivity contribution >= 4 is 11.6 Å². The number of hydrogen-bond acceptors (Lipinski definition) is 6. The van der Waals surface area contributed by atoms with Crippen LogP contribution in [0.5, 0.6) is 5.75 Å². The second-order valence-electron chi connectivity index (χ2n) is 5.60. The summed E-state index contributed by atoms with van der Waals surface area (Å²) in [4.78, 5) is 16.5. The van der Waals surface area contributed by atoms with Crippen LogP contribution in [0, 0.1) is 0 Å². The van der Waals surface area contributed by atoms with Gasteiger partial charge in [0, 0.05) is 22.8 Å². The van der Waals surface area contributed by atoms with E-state index in [0.29, 0.717) is 10.8 Å². The Hall–Kier alpha value is -3.45. The number of methoxy groups -OCH3 is 1. The highest BCUT2D eigenvalue weighted by atomic mass is 35.5. The topological polar surface area (TPSA) is 83.0 Å². The van der Waals surface area contributed by atoms with E-state index in [1.54, 1.807) is 54.4 Å². The van der Waals surface area contributed by atoms with Crippen LogP contribution in [0.4, 0.5) is 0 Å². The van der Waals surface area contributed by atoms with Crippen molar-refractivity contribution < 1.29 is 9.26 Å². The molecule has 4 rings (SSSR count). The molecule has 4 aromatic rings. The number of ether oxygens (including phenoxy) is 1. The Morgan fingerprint density at radius 2 is 1.78 bits per heavy atom. The molecule has 0 amide bonds. The number of aromatic nitrogens is 4. The highest BCUT2D eigenvalue weighted by molar-refractivity contribution is 6.30. The van der Waals surface area contributed by atoms with Crippen LogP contribution in [0.15, 0.2) is 70.1 Å². The molecular formula is C19H13ClN4O3. The van der Waals surface area contributed by atoms with Crippen LogP contribution in [-0.2, 0) is 0 Å². The van der Waals surface area contributed by atoms with E-state index in [9.17, 15) is 4.79 Å². The summed E-state index contributed by atoms with van der Waals surface area (Å²) in [7, 11) is 1.60. The standard InChI is InChI=1S/C19H13ClN4O3/c1-26-15-8-6-14(7-9-15)24-11-10-16(25)17(22-24)19-21-18(23-27-19)12-2-4-13(20)5-3-12/h2-11H,1H3. The van der Waals surface area contributed by atoms with E-state index >= 15 is 0 Å². The van der Waals surface area contributed by atoms with Gasteiger partial charge in [-0.15, -0.1) is 0 Å². The summed E-state index contributed by atoms with van der Waals surface area (Å²) in [6.45, 7) is 0. The molecule has 0 radical (unpaired) electrons. The Morgan fingerprint density at radius 3 is 2.48 bits per heavy atom. The van der Waals surface area contributed by atoms with Crippen molar-refractivity contribution in [3.05, 3.63) is 76.0 Å². The van der Waals surface area contributed by atoms with Gasteiger partial charge in [0.1, 0.15) is 5.75 Å². The van der Waals surface area contributed by atoms with Gasteiger partial charge in [-0.05, 0) is 48.5 Å². The molecular weight excluding hydrogens is 368 g/mol. The first-order valence-corrected chi connectivity index (χ1v) is 8.36. The lowest BCUT2D eigenvalue weighted by atomic mass is 10.2. The largest absolute Gasteiger partial charge is 0.497 e. The third-order valence-corrected chi connectivity index (χ3v) is 4.13. The molecule has 0 saturated carbocycles. The first-order chi connectivity index (χ1) is 13.1. The molecule has 7 nitrogen and oxygen atoms in total. The van der Waals surface area contributed by atoms with Crippen LogP contribution in [0.3, 0.4) is 0 Å². The summed E-state index contributed by atoms with van der Waals surface area (Å²) in [5.74, 6) is 1.13. The van der Waals surface area contributed by atoms with Crippen LogP contribution in [0.1, 0.15) is 0 Å². The van der Waals surface area contributed by atoms with Crippen molar-refractivity contribution in [2.75, 3.05) is 7.11 Å². The molecule has 0 saturated heterocycles. The van der Waals surface area contributed by atoms with E-state index in [4.69, 9.17) is 20.9 Å². The molecule has 0 spiro atoms. The maximum absolute atomic E-state index is 12.3. The number of benzene rings is 2. The lowest BCUT2D eigenvalue weighted by Gasteiger charge is -2.06. The minimum Gasteiger partial charge on any atom is -0.497 e. The normalized spacial score (nSPS) is 10.7. The molecule has 134 valence electrons. The average Bonchev–Trinajstić information content (AvgIpc) is 3.19. The predicted molar refractivity (Wildman–Crippen MR) is 100 cm³/mol. The molecule has 0 atom stereocenters. The van der Waals surface area contributed by atoms with Crippen LogP contribution in [0.2, 0.25) is 5.02 Å². The van der Waals surface area contributed by atoms with Gasteiger partial charge in [0.15, 0.2) is 5.69 Å². The smallest absolute Gasteiger partial charge is 0.282 e. The zero-order chi connectivity index (χ0) is 18.8. The SMILES string of the molecule is COc1ccc(-n2ccc(=O)c(-c3nc(-c4ccc(Cl)cc4)no3)n2)cc1. The van der Waals surface area contributed by atoms with Gasteiger partial charge in [-0.3, -0.25) is 4.79 Å². The Bertz CT molecular complexity index is 1130. The van der Waals surface area contributed by atoms with Gasteiger partial charge >= 0.3 is 0 Å². The summed E-state index contributed by atoms with van der Waals surface area (Å²) in [6, 6.07) is 15.7. The van der Waals surface area contributed by atoms with E-state index in [-0.39, 0.29) is 17.0 Å². The maximum atomic E-state index is 12.3. The number of hydrogen-bond donors (Lipinski definition) is 0. The van der Waals surface area contributed by atoms with Crippen molar-refractivity contribution in [1.29, 1.82) is 0 Å². The summed E-state index contributed by atoms with van der Waals surface area (Å²) in [5, 5.41) is 8.87. The fraction of sp³-hybridized carbons (Fsp3) is 0.0526.